The van der Waals surface area contributed by atoms with Crippen LogP contribution in [0.5, 0.6) is 0 Å². The van der Waals surface area contributed by atoms with Gasteiger partial charge in [-0.25, -0.2) is 0 Å². The van der Waals surface area contributed by atoms with Crippen molar-refractivity contribution in [3.63, 3.8) is 0 Å². The minimum absolute atomic E-state index is 0.0464. The minimum atomic E-state index is -0.858. The van der Waals surface area contributed by atoms with Crippen LogP contribution in [0.2, 0.25) is 0 Å². The number of fused-ring (bicyclic) bond motifs is 4. The molecule has 33 heavy (non-hydrogen) atoms. The molecule has 2 fully saturated rings. The standard InChI is InChI=1S/C28H33NO4/c1-27-14-11-21-20-9-10-25(31)26(19-6-3-2-5-18(19)17-29-33)23(20)8-7-22(21)24(27)12-15-28(27,32)13-4-16-30/h2-6,13,17,22,24,30,32-33H,7-12,14-16H2,1H3/b13-4-,29-17-/t22-,24+,27+,28+/m1/s1. The summed E-state index contributed by atoms with van der Waals surface area (Å²) in [5.41, 5.74) is 5.45. The van der Waals surface area contributed by atoms with E-state index in [9.17, 15) is 15.0 Å². The highest BCUT2D eigenvalue weighted by molar-refractivity contribution is 6.24. The quantitative estimate of drug-likeness (QED) is 0.267. The number of nitrogens with zero attached hydrogens (tertiary/aromatic N) is 1. The molecule has 0 unspecified atom stereocenters. The Kier molecular flexibility index (Phi) is 5.66. The first-order chi connectivity index (χ1) is 15.9. The maximum atomic E-state index is 13.1. The van der Waals surface area contributed by atoms with Gasteiger partial charge in [0, 0.05) is 23.0 Å². The van der Waals surface area contributed by atoms with Crippen LogP contribution in [0.15, 0.2) is 58.3 Å². The molecule has 0 bridgehead atoms. The Hall–Kier alpha value is -2.50. The summed E-state index contributed by atoms with van der Waals surface area (Å²) >= 11 is 0. The lowest BCUT2D eigenvalue weighted by Gasteiger charge is -2.51. The van der Waals surface area contributed by atoms with Crippen molar-refractivity contribution in [2.45, 2.75) is 63.9 Å². The van der Waals surface area contributed by atoms with Crippen molar-refractivity contribution < 1.29 is 20.2 Å². The van der Waals surface area contributed by atoms with Crippen LogP contribution >= 0.6 is 0 Å². The van der Waals surface area contributed by atoms with Crippen molar-refractivity contribution in [1.82, 2.24) is 0 Å². The monoisotopic (exact) mass is 447 g/mol. The molecule has 1 aromatic carbocycles. The number of carbonyl (C=O) groups excluding carboxylic acids is 1. The van der Waals surface area contributed by atoms with Crippen LogP contribution in [0.4, 0.5) is 0 Å². The predicted molar refractivity (Wildman–Crippen MR) is 128 cm³/mol. The number of rotatable bonds is 4. The van der Waals surface area contributed by atoms with E-state index in [0.717, 1.165) is 61.6 Å². The number of hydrogen-bond acceptors (Lipinski definition) is 5. The zero-order valence-corrected chi connectivity index (χ0v) is 19.3. The van der Waals surface area contributed by atoms with Gasteiger partial charge in [0.1, 0.15) is 0 Å². The summed E-state index contributed by atoms with van der Waals surface area (Å²) in [6, 6.07) is 7.67. The number of Topliss-reactive ketones (excluding diaryl/α,β-unsaturated/α-hetero) is 1. The molecule has 0 saturated heterocycles. The molecule has 0 heterocycles. The van der Waals surface area contributed by atoms with Gasteiger partial charge in [-0.2, -0.15) is 0 Å². The molecule has 3 N–H and O–H groups in total. The van der Waals surface area contributed by atoms with E-state index in [1.807, 2.05) is 30.3 Å². The summed E-state index contributed by atoms with van der Waals surface area (Å²) in [5, 5.41) is 33.1. The van der Waals surface area contributed by atoms with E-state index in [-0.39, 0.29) is 17.8 Å². The smallest absolute Gasteiger partial charge is 0.164 e. The molecule has 174 valence electrons. The van der Waals surface area contributed by atoms with Crippen LogP contribution in [0.25, 0.3) is 5.57 Å². The third-order valence-electron chi connectivity index (χ3n) is 9.06. The van der Waals surface area contributed by atoms with Gasteiger partial charge >= 0.3 is 0 Å². The molecule has 0 amide bonds. The van der Waals surface area contributed by atoms with Gasteiger partial charge in [-0.15, -0.1) is 0 Å². The third kappa shape index (κ3) is 3.36. The number of aliphatic hydroxyl groups excluding tert-OH is 1. The van der Waals surface area contributed by atoms with Gasteiger partial charge in [0.05, 0.1) is 18.4 Å². The first-order valence-electron chi connectivity index (χ1n) is 12.2. The summed E-state index contributed by atoms with van der Waals surface area (Å²) in [5.74, 6) is 1.04. The predicted octanol–water partition coefficient (Wildman–Crippen LogP) is 4.81. The second-order valence-corrected chi connectivity index (χ2v) is 10.3. The average molecular weight is 448 g/mol. The topological polar surface area (TPSA) is 90.1 Å². The summed E-state index contributed by atoms with van der Waals surface area (Å²) in [4.78, 5) is 13.1. The van der Waals surface area contributed by atoms with Gasteiger partial charge in [0.2, 0.25) is 0 Å². The van der Waals surface area contributed by atoms with E-state index >= 15 is 0 Å². The fraction of sp³-hybridized carbons (Fsp3) is 0.500. The van der Waals surface area contributed by atoms with Crippen molar-refractivity contribution in [3.8, 4) is 0 Å². The molecule has 4 aliphatic carbocycles. The molecule has 5 heteroatoms. The second kappa shape index (κ2) is 8.37. The lowest BCUT2D eigenvalue weighted by Crippen LogP contribution is -2.48. The van der Waals surface area contributed by atoms with Gasteiger partial charge in [0.25, 0.3) is 0 Å². The van der Waals surface area contributed by atoms with Gasteiger partial charge in [-0.05, 0) is 73.5 Å². The van der Waals surface area contributed by atoms with Crippen LogP contribution in [0, 0.1) is 17.3 Å². The van der Waals surface area contributed by atoms with Crippen LogP contribution in [0.1, 0.15) is 69.4 Å². The van der Waals surface area contributed by atoms with Gasteiger partial charge in [0.15, 0.2) is 5.78 Å². The van der Waals surface area contributed by atoms with Crippen LogP contribution < -0.4 is 0 Å². The molecular formula is C28H33NO4. The summed E-state index contributed by atoms with van der Waals surface area (Å²) in [7, 11) is 0. The molecule has 5 rings (SSSR count). The fourth-order valence-electron chi connectivity index (χ4n) is 7.42. The van der Waals surface area contributed by atoms with Crippen LogP contribution in [-0.4, -0.2) is 39.6 Å². The van der Waals surface area contributed by atoms with E-state index in [4.69, 9.17) is 5.21 Å². The van der Waals surface area contributed by atoms with Crippen molar-refractivity contribution in [1.29, 1.82) is 0 Å². The number of ketones is 1. The first-order valence-corrected chi connectivity index (χ1v) is 12.2. The van der Waals surface area contributed by atoms with E-state index in [2.05, 4.69) is 12.1 Å². The third-order valence-corrected chi connectivity index (χ3v) is 9.06. The lowest BCUT2D eigenvalue weighted by molar-refractivity contribution is -0.113. The molecule has 5 nitrogen and oxygen atoms in total. The van der Waals surface area contributed by atoms with Gasteiger partial charge < -0.3 is 15.4 Å². The minimum Gasteiger partial charge on any atom is -0.411 e. The zero-order chi connectivity index (χ0) is 23.2. The number of oxime groups is 1. The molecule has 2 saturated carbocycles. The highest BCUT2D eigenvalue weighted by Crippen LogP contribution is 2.64. The van der Waals surface area contributed by atoms with Gasteiger partial charge in [-0.3, -0.25) is 4.79 Å². The largest absolute Gasteiger partial charge is 0.411 e. The molecular weight excluding hydrogens is 414 g/mol. The number of benzene rings is 1. The van der Waals surface area contributed by atoms with Crippen molar-refractivity contribution >= 4 is 17.6 Å². The maximum Gasteiger partial charge on any atom is 0.164 e. The SMILES string of the molecule is C[C@]12CCC3=C4CCC(=O)C(c5ccccc5/C=N\O)=C4CC[C@H]3[C@@H]1CC[C@@]2(O)/C=C\CO. The number of allylic oxidation sites excluding steroid dienone is 4. The molecule has 4 aliphatic rings. The number of aliphatic hydroxyl groups is 2. The molecule has 4 atom stereocenters. The molecule has 0 aliphatic heterocycles. The first kappa shape index (κ1) is 22.3. The highest BCUT2D eigenvalue weighted by atomic mass is 16.4. The van der Waals surface area contributed by atoms with E-state index < -0.39 is 5.60 Å². The molecule has 0 radical (unpaired) electrons. The number of hydrogen-bond donors (Lipinski definition) is 3. The Morgan fingerprint density at radius 1 is 1.09 bits per heavy atom. The van der Waals surface area contributed by atoms with E-state index in [1.165, 1.54) is 22.9 Å². The van der Waals surface area contributed by atoms with Crippen molar-refractivity contribution in [3.05, 3.63) is 64.3 Å². The van der Waals surface area contributed by atoms with Crippen LogP contribution in [-0.2, 0) is 4.79 Å². The Balaban J connectivity index is 1.58. The van der Waals surface area contributed by atoms with Crippen LogP contribution in [0.3, 0.4) is 0 Å². The summed E-state index contributed by atoms with van der Waals surface area (Å²) in [6.45, 7) is 2.19. The highest BCUT2D eigenvalue weighted by Gasteiger charge is 2.59. The summed E-state index contributed by atoms with van der Waals surface area (Å²) in [6.07, 6.45) is 11.7. The number of carbonyl (C=O) groups is 1. The van der Waals surface area contributed by atoms with E-state index in [1.54, 1.807) is 6.08 Å². The normalized spacial score (nSPS) is 34.2. The zero-order valence-electron chi connectivity index (χ0n) is 19.3. The Morgan fingerprint density at radius 2 is 1.91 bits per heavy atom. The van der Waals surface area contributed by atoms with Crippen molar-refractivity contribution in [2.24, 2.45) is 22.4 Å². The van der Waals surface area contributed by atoms with Gasteiger partial charge in [-0.1, -0.05) is 54.1 Å². The summed E-state index contributed by atoms with van der Waals surface area (Å²) < 4.78 is 0. The average Bonchev–Trinajstić information content (AvgIpc) is 3.09. The fourth-order valence-corrected chi connectivity index (χ4v) is 7.42. The second-order valence-electron chi connectivity index (χ2n) is 10.3. The van der Waals surface area contributed by atoms with Crippen molar-refractivity contribution in [2.75, 3.05) is 6.61 Å². The molecule has 1 aromatic rings. The maximum absolute atomic E-state index is 13.1. The Morgan fingerprint density at radius 3 is 2.70 bits per heavy atom. The Bertz CT molecular complexity index is 1100. The van der Waals surface area contributed by atoms with E-state index in [0.29, 0.717) is 18.3 Å². The lowest BCUT2D eigenvalue weighted by atomic mass is 9.54. The molecule has 0 aromatic heterocycles. The molecule has 0 spiro atoms. The Labute approximate surface area is 195 Å².